The zero-order valence-corrected chi connectivity index (χ0v) is 26.8. The third kappa shape index (κ3) is 8.49. The summed E-state index contributed by atoms with van der Waals surface area (Å²) in [6, 6.07) is 20.7. The summed E-state index contributed by atoms with van der Waals surface area (Å²) in [5, 5.41) is 3.45. The van der Waals surface area contributed by atoms with Crippen molar-refractivity contribution in [2.24, 2.45) is 0 Å². The van der Waals surface area contributed by atoms with Crippen LogP contribution >= 0.6 is 27.5 Å². The second-order valence-electron chi connectivity index (χ2n) is 10.4. The van der Waals surface area contributed by atoms with Crippen molar-refractivity contribution in [3.8, 4) is 5.75 Å². The minimum Gasteiger partial charge on any atom is -0.495 e. The van der Waals surface area contributed by atoms with Crippen molar-refractivity contribution in [1.29, 1.82) is 0 Å². The van der Waals surface area contributed by atoms with Crippen LogP contribution < -0.4 is 14.4 Å². The number of rotatable bonds is 12. The van der Waals surface area contributed by atoms with Gasteiger partial charge in [-0.05, 0) is 54.3 Å². The molecule has 3 aromatic rings. The van der Waals surface area contributed by atoms with E-state index in [9.17, 15) is 18.0 Å². The molecule has 8 nitrogen and oxygen atoms in total. The lowest BCUT2D eigenvalue weighted by Gasteiger charge is -2.34. The Kier molecular flexibility index (Phi) is 10.9. The van der Waals surface area contributed by atoms with Crippen molar-refractivity contribution >= 4 is 55.1 Å². The molecule has 4 rings (SSSR count). The van der Waals surface area contributed by atoms with Gasteiger partial charge < -0.3 is 15.0 Å². The molecular formula is C31H35BrClN3O5S. The summed E-state index contributed by atoms with van der Waals surface area (Å²) >= 11 is 9.71. The van der Waals surface area contributed by atoms with Gasteiger partial charge >= 0.3 is 0 Å². The number of carbonyl (C=O) groups excluding carboxylic acids is 2. The molecule has 0 heterocycles. The number of sulfonamides is 1. The smallest absolute Gasteiger partial charge is 0.244 e. The van der Waals surface area contributed by atoms with Gasteiger partial charge in [-0.1, -0.05) is 82.8 Å². The van der Waals surface area contributed by atoms with E-state index in [1.165, 1.54) is 18.1 Å². The van der Waals surface area contributed by atoms with Crippen LogP contribution in [0.4, 0.5) is 5.69 Å². The quantitative estimate of drug-likeness (QED) is 0.271. The van der Waals surface area contributed by atoms with E-state index in [2.05, 4.69) is 21.2 Å². The number of amides is 2. The molecule has 0 aliphatic heterocycles. The Morgan fingerprint density at radius 3 is 2.36 bits per heavy atom. The fourth-order valence-corrected chi connectivity index (χ4v) is 6.66. The minimum atomic E-state index is -3.96. The van der Waals surface area contributed by atoms with Crippen LogP contribution in [0.25, 0.3) is 0 Å². The van der Waals surface area contributed by atoms with Gasteiger partial charge in [0.1, 0.15) is 18.3 Å². The molecule has 42 heavy (non-hydrogen) atoms. The number of hydrogen-bond donors (Lipinski definition) is 1. The van der Waals surface area contributed by atoms with Gasteiger partial charge in [-0.2, -0.15) is 0 Å². The zero-order chi connectivity index (χ0) is 30.3. The predicted molar refractivity (Wildman–Crippen MR) is 169 cm³/mol. The van der Waals surface area contributed by atoms with Crippen LogP contribution in [-0.4, -0.2) is 57.1 Å². The number of hydrogen-bond acceptors (Lipinski definition) is 5. The highest BCUT2D eigenvalue weighted by molar-refractivity contribution is 9.10. The number of methoxy groups -OCH3 is 1. The normalized spacial score (nSPS) is 14.3. The van der Waals surface area contributed by atoms with E-state index in [-0.39, 0.29) is 41.4 Å². The molecule has 0 aromatic heterocycles. The maximum atomic E-state index is 14.3. The van der Waals surface area contributed by atoms with E-state index in [1.807, 2.05) is 54.6 Å². The molecule has 1 aliphatic rings. The largest absolute Gasteiger partial charge is 0.495 e. The number of nitrogens with one attached hydrogen (secondary N) is 1. The number of anilines is 1. The second kappa shape index (κ2) is 14.4. The molecule has 0 saturated heterocycles. The molecule has 2 amide bonds. The van der Waals surface area contributed by atoms with Crippen LogP contribution in [0.3, 0.4) is 0 Å². The van der Waals surface area contributed by atoms with E-state index in [4.69, 9.17) is 16.3 Å². The van der Waals surface area contributed by atoms with E-state index in [1.54, 1.807) is 12.1 Å². The summed E-state index contributed by atoms with van der Waals surface area (Å²) in [6.45, 7) is -0.455. The van der Waals surface area contributed by atoms with Gasteiger partial charge in [-0.3, -0.25) is 13.9 Å². The van der Waals surface area contributed by atoms with Crippen molar-refractivity contribution in [2.75, 3.05) is 24.2 Å². The second-order valence-corrected chi connectivity index (χ2v) is 13.7. The SMILES string of the molecule is COc1ccc(Cl)cc1N(CC(=O)N(Cc1cccc(Br)c1)C(Cc1ccccc1)C(=O)NC1CCCC1)S(C)(=O)=O. The molecule has 11 heteroatoms. The monoisotopic (exact) mass is 675 g/mol. The van der Waals surface area contributed by atoms with Gasteiger partial charge in [0.2, 0.25) is 21.8 Å². The summed E-state index contributed by atoms with van der Waals surface area (Å²) in [7, 11) is -2.55. The Hall–Kier alpha value is -3.08. The van der Waals surface area contributed by atoms with Gasteiger partial charge in [0.15, 0.2) is 0 Å². The van der Waals surface area contributed by atoms with E-state index in [0.29, 0.717) is 0 Å². The third-order valence-electron chi connectivity index (χ3n) is 7.30. The topological polar surface area (TPSA) is 96.0 Å². The fraction of sp³-hybridized carbons (Fsp3) is 0.355. The minimum absolute atomic E-state index is 0.0434. The summed E-state index contributed by atoms with van der Waals surface area (Å²) in [5.74, 6) is -0.554. The molecular weight excluding hydrogens is 642 g/mol. The number of benzene rings is 3. The Balaban J connectivity index is 1.76. The molecule has 1 N–H and O–H groups in total. The first kappa shape index (κ1) is 31.8. The molecule has 1 fully saturated rings. The zero-order valence-electron chi connectivity index (χ0n) is 23.6. The summed E-state index contributed by atoms with van der Waals surface area (Å²) in [6.07, 6.45) is 5.14. The molecule has 1 saturated carbocycles. The van der Waals surface area contributed by atoms with Gasteiger partial charge in [-0.15, -0.1) is 0 Å². The Labute approximate surface area is 261 Å². The molecule has 3 aromatic carbocycles. The predicted octanol–water partition coefficient (Wildman–Crippen LogP) is 5.58. The Morgan fingerprint density at radius 2 is 1.71 bits per heavy atom. The molecule has 0 spiro atoms. The Bertz CT molecular complexity index is 1500. The summed E-state index contributed by atoms with van der Waals surface area (Å²) in [5.41, 5.74) is 1.81. The molecule has 0 radical (unpaired) electrons. The third-order valence-corrected chi connectivity index (χ3v) is 9.16. The van der Waals surface area contributed by atoms with Gasteiger partial charge in [0.05, 0.1) is 19.1 Å². The van der Waals surface area contributed by atoms with E-state index < -0.39 is 28.5 Å². The van der Waals surface area contributed by atoms with Crippen molar-refractivity contribution in [1.82, 2.24) is 10.2 Å². The van der Waals surface area contributed by atoms with Gasteiger partial charge in [0.25, 0.3) is 0 Å². The highest BCUT2D eigenvalue weighted by Gasteiger charge is 2.35. The maximum Gasteiger partial charge on any atom is 0.244 e. The highest BCUT2D eigenvalue weighted by atomic mass is 79.9. The fourth-order valence-electron chi connectivity index (χ4n) is 5.21. The van der Waals surface area contributed by atoms with Crippen LogP contribution in [-0.2, 0) is 32.6 Å². The van der Waals surface area contributed by atoms with Crippen molar-refractivity contribution in [3.05, 3.63) is 93.4 Å². The number of halogens is 2. The lowest BCUT2D eigenvalue weighted by molar-refractivity contribution is -0.140. The lowest BCUT2D eigenvalue weighted by atomic mass is 10.0. The van der Waals surface area contributed by atoms with Gasteiger partial charge in [0, 0.05) is 28.5 Å². The van der Waals surface area contributed by atoms with Crippen LogP contribution in [0.5, 0.6) is 5.75 Å². The molecule has 1 unspecified atom stereocenters. The lowest BCUT2D eigenvalue weighted by Crippen LogP contribution is -2.54. The Morgan fingerprint density at radius 1 is 1.02 bits per heavy atom. The van der Waals surface area contributed by atoms with Crippen molar-refractivity contribution in [3.63, 3.8) is 0 Å². The number of ether oxygens (including phenoxy) is 1. The van der Waals surface area contributed by atoms with Crippen LogP contribution in [0.15, 0.2) is 77.3 Å². The number of nitrogens with zero attached hydrogens (tertiary/aromatic N) is 2. The van der Waals surface area contributed by atoms with Crippen molar-refractivity contribution < 1.29 is 22.7 Å². The average Bonchev–Trinajstić information content (AvgIpc) is 3.46. The maximum absolute atomic E-state index is 14.3. The number of carbonyl (C=O) groups is 2. The summed E-state index contributed by atoms with van der Waals surface area (Å²) in [4.78, 5) is 29.7. The van der Waals surface area contributed by atoms with Crippen LogP contribution in [0.1, 0.15) is 36.8 Å². The first-order chi connectivity index (χ1) is 20.0. The van der Waals surface area contributed by atoms with E-state index in [0.717, 1.165) is 51.8 Å². The average molecular weight is 677 g/mol. The highest BCUT2D eigenvalue weighted by Crippen LogP contribution is 2.33. The first-order valence-electron chi connectivity index (χ1n) is 13.7. The van der Waals surface area contributed by atoms with Gasteiger partial charge in [-0.25, -0.2) is 8.42 Å². The van der Waals surface area contributed by atoms with E-state index >= 15 is 0 Å². The molecule has 224 valence electrons. The first-order valence-corrected chi connectivity index (χ1v) is 16.8. The van der Waals surface area contributed by atoms with Crippen LogP contribution in [0, 0.1) is 0 Å². The molecule has 1 atom stereocenters. The molecule has 1 aliphatic carbocycles. The van der Waals surface area contributed by atoms with Crippen LogP contribution in [0.2, 0.25) is 5.02 Å². The standard InChI is InChI=1S/C31H35BrClN3O5S/c1-41-29-16-15-25(33)19-27(29)36(42(2,39)40)21-30(37)35(20-23-11-8-12-24(32)17-23)28(18-22-9-4-3-5-10-22)31(38)34-26-13-6-7-14-26/h3-5,8-12,15-17,19,26,28H,6-7,13-14,18,20-21H2,1-2H3,(H,34,38). The molecule has 0 bridgehead atoms. The summed E-state index contributed by atoms with van der Waals surface area (Å²) < 4.78 is 33.3. The van der Waals surface area contributed by atoms with Crippen molar-refractivity contribution in [2.45, 2.75) is 50.7 Å².